The summed E-state index contributed by atoms with van der Waals surface area (Å²) >= 11 is 0. The minimum absolute atomic E-state index is 0.264. The SMILES string of the molecule is CC1(C)c2ccccc2-c2ccc(N(c3ccc4c(c3)c3ccccc3n4-c3ccccc3)c3nc(-c4ccccc4)nc(N(c4ccc5c(c4)C(C)(C)c4ccccc4-5)c4ccc5c(c4)c4ccccc4n5-c4ccccc4)n3)cc21. The van der Waals surface area contributed by atoms with E-state index in [4.69, 9.17) is 15.0 Å². The van der Waals surface area contributed by atoms with Crippen molar-refractivity contribution in [3.05, 3.63) is 283 Å². The molecule has 0 saturated carbocycles. The number of aromatic nitrogens is 5. The molecule has 0 aliphatic heterocycles. The van der Waals surface area contributed by atoms with Gasteiger partial charge in [-0.05, 0) is 142 Å². The predicted molar refractivity (Wildman–Crippen MR) is 338 cm³/mol. The van der Waals surface area contributed by atoms with Crippen LogP contribution in [0.2, 0.25) is 0 Å². The van der Waals surface area contributed by atoms with Crippen LogP contribution in [0, 0.1) is 0 Å². The van der Waals surface area contributed by atoms with Gasteiger partial charge in [0.1, 0.15) is 0 Å². The van der Waals surface area contributed by atoms with Crippen LogP contribution in [0.4, 0.5) is 34.6 Å². The van der Waals surface area contributed by atoms with Crippen LogP contribution in [0.15, 0.2) is 261 Å². The summed E-state index contributed by atoms with van der Waals surface area (Å²) in [7, 11) is 0. The summed E-state index contributed by atoms with van der Waals surface area (Å²) in [5.74, 6) is 1.54. The zero-order valence-corrected chi connectivity index (χ0v) is 46.0. The number of anilines is 6. The first-order valence-electron chi connectivity index (χ1n) is 28.3. The van der Waals surface area contributed by atoms with E-state index in [-0.39, 0.29) is 10.8 Å². The third kappa shape index (κ3) is 7.19. The molecule has 82 heavy (non-hydrogen) atoms. The van der Waals surface area contributed by atoms with Crippen LogP contribution in [-0.4, -0.2) is 24.1 Å². The van der Waals surface area contributed by atoms with Crippen molar-refractivity contribution in [1.82, 2.24) is 24.1 Å². The van der Waals surface area contributed by atoms with Crippen molar-refractivity contribution in [3.8, 4) is 45.0 Å². The molecule has 11 aromatic carbocycles. The molecule has 7 heteroatoms. The zero-order valence-electron chi connectivity index (χ0n) is 46.0. The van der Waals surface area contributed by atoms with Crippen molar-refractivity contribution in [1.29, 1.82) is 0 Å². The van der Waals surface area contributed by atoms with Gasteiger partial charge in [-0.3, -0.25) is 9.80 Å². The highest BCUT2D eigenvalue weighted by Crippen LogP contribution is 2.53. The van der Waals surface area contributed by atoms with Gasteiger partial charge in [0, 0.05) is 72.1 Å². The number of fused-ring (bicyclic) bond motifs is 12. The molecule has 3 heterocycles. The van der Waals surface area contributed by atoms with Crippen molar-refractivity contribution in [2.24, 2.45) is 0 Å². The predicted octanol–water partition coefficient (Wildman–Crippen LogP) is 19.3. The van der Waals surface area contributed by atoms with Crippen LogP contribution in [0.25, 0.3) is 88.6 Å². The molecule has 3 aromatic heterocycles. The molecule has 0 radical (unpaired) electrons. The van der Waals surface area contributed by atoms with Crippen molar-refractivity contribution in [3.63, 3.8) is 0 Å². The Morgan fingerprint density at radius 3 is 1.11 bits per heavy atom. The molecule has 2 aliphatic carbocycles. The zero-order chi connectivity index (χ0) is 54.8. The Morgan fingerprint density at radius 2 is 0.646 bits per heavy atom. The maximum Gasteiger partial charge on any atom is 0.240 e. The first-order chi connectivity index (χ1) is 40.2. The maximum atomic E-state index is 5.81. The Kier molecular flexibility index (Phi) is 10.5. The fourth-order valence-electron chi connectivity index (χ4n) is 13.6. The Hall–Kier alpha value is -10.4. The molecule has 0 unspecified atom stereocenters. The third-order valence-electron chi connectivity index (χ3n) is 17.6. The topological polar surface area (TPSA) is 55.0 Å². The smallest absolute Gasteiger partial charge is 0.240 e. The summed E-state index contributed by atoms with van der Waals surface area (Å²) in [6.07, 6.45) is 0. The van der Waals surface area contributed by atoms with Crippen molar-refractivity contribution >= 4 is 78.3 Å². The van der Waals surface area contributed by atoms with Crippen LogP contribution in [0.5, 0.6) is 0 Å². The highest BCUT2D eigenvalue weighted by molar-refractivity contribution is 6.12. The first-order valence-corrected chi connectivity index (χ1v) is 28.3. The minimum atomic E-state index is -0.264. The largest absolute Gasteiger partial charge is 0.309 e. The Balaban J connectivity index is 0.972. The van der Waals surface area contributed by atoms with Crippen molar-refractivity contribution < 1.29 is 0 Å². The molecular weight excluding hydrogens is 999 g/mol. The van der Waals surface area contributed by atoms with Gasteiger partial charge in [-0.25, -0.2) is 0 Å². The lowest BCUT2D eigenvalue weighted by Crippen LogP contribution is -2.21. The minimum Gasteiger partial charge on any atom is -0.309 e. The molecule has 0 N–H and O–H groups in total. The quantitative estimate of drug-likeness (QED) is 0.144. The van der Waals surface area contributed by atoms with Gasteiger partial charge < -0.3 is 9.13 Å². The van der Waals surface area contributed by atoms with E-state index < -0.39 is 0 Å². The molecule has 390 valence electrons. The molecule has 7 nitrogen and oxygen atoms in total. The molecule has 2 aliphatic rings. The van der Waals surface area contributed by atoms with Gasteiger partial charge in [-0.15, -0.1) is 0 Å². The third-order valence-corrected chi connectivity index (χ3v) is 17.6. The lowest BCUT2D eigenvalue weighted by atomic mass is 9.82. The van der Waals surface area contributed by atoms with Crippen LogP contribution >= 0.6 is 0 Å². The summed E-state index contributed by atoms with van der Waals surface area (Å²) in [5.41, 5.74) is 21.0. The van der Waals surface area contributed by atoms with Crippen molar-refractivity contribution in [2.45, 2.75) is 38.5 Å². The van der Waals surface area contributed by atoms with E-state index in [0.29, 0.717) is 17.7 Å². The van der Waals surface area contributed by atoms with Crippen LogP contribution in [0.3, 0.4) is 0 Å². The lowest BCUT2D eigenvalue weighted by molar-refractivity contribution is 0.660. The second-order valence-electron chi connectivity index (χ2n) is 22.9. The Bertz CT molecular complexity index is 4590. The number of rotatable bonds is 9. The van der Waals surface area contributed by atoms with Crippen LogP contribution in [-0.2, 0) is 10.8 Å². The molecule has 0 spiro atoms. The van der Waals surface area contributed by atoms with E-state index >= 15 is 0 Å². The average Bonchev–Trinajstić information content (AvgIpc) is 4.04. The molecule has 16 rings (SSSR count). The second kappa shape index (κ2) is 18.1. The number of nitrogens with zero attached hydrogens (tertiary/aromatic N) is 7. The van der Waals surface area contributed by atoms with Gasteiger partial charge in [-0.2, -0.15) is 15.0 Å². The second-order valence-corrected chi connectivity index (χ2v) is 22.9. The molecule has 0 saturated heterocycles. The van der Waals surface area contributed by atoms with Crippen LogP contribution in [0.1, 0.15) is 49.9 Å². The normalized spacial score (nSPS) is 13.6. The Morgan fingerprint density at radius 1 is 0.293 bits per heavy atom. The summed E-state index contributed by atoms with van der Waals surface area (Å²) in [4.78, 5) is 21.5. The average molecular weight is 1050 g/mol. The van der Waals surface area contributed by atoms with Gasteiger partial charge >= 0.3 is 0 Å². The fourth-order valence-corrected chi connectivity index (χ4v) is 13.6. The number of benzene rings is 11. The molecule has 0 fully saturated rings. The lowest BCUT2D eigenvalue weighted by Gasteiger charge is -2.29. The van der Waals surface area contributed by atoms with Crippen molar-refractivity contribution in [2.75, 3.05) is 9.80 Å². The summed E-state index contributed by atoms with van der Waals surface area (Å²) < 4.78 is 4.73. The highest BCUT2D eigenvalue weighted by Gasteiger charge is 2.38. The van der Waals surface area contributed by atoms with Gasteiger partial charge in [-0.1, -0.05) is 191 Å². The molecular formula is C75H55N7. The summed E-state index contributed by atoms with van der Waals surface area (Å²) in [6, 6.07) is 94.2. The molecule has 0 bridgehead atoms. The summed E-state index contributed by atoms with van der Waals surface area (Å²) in [6.45, 7) is 9.36. The van der Waals surface area contributed by atoms with Gasteiger partial charge in [0.2, 0.25) is 11.9 Å². The maximum absolute atomic E-state index is 5.81. The molecule has 0 atom stereocenters. The van der Waals surface area contributed by atoms with E-state index in [9.17, 15) is 0 Å². The summed E-state index contributed by atoms with van der Waals surface area (Å²) in [5, 5.41) is 4.57. The van der Waals surface area contributed by atoms with E-state index in [1.54, 1.807) is 0 Å². The monoisotopic (exact) mass is 1050 g/mol. The number of hydrogen-bond donors (Lipinski definition) is 0. The van der Waals surface area contributed by atoms with Crippen LogP contribution < -0.4 is 9.80 Å². The van der Waals surface area contributed by atoms with E-state index in [0.717, 1.165) is 83.3 Å². The molecule has 14 aromatic rings. The highest BCUT2D eigenvalue weighted by atomic mass is 15.3. The molecule has 0 amide bonds. The van der Waals surface area contributed by atoms with E-state index in [1.807, 2.05) is 6.07 Å². The Labute approximate surface area is 476 Å². The number of hydrogen-bond acceptors (Lipinski definition) is 5. The van der Waals surface area contributed by atoms with Gasteiger partial charge in [0.15, 0.2) is 5.82 Å². The van der Waals surface area contributed by atoms with Gasteiger partial charge in [0.05, 0.1) is 22.1 Å². The van der Waals surface area contributed by atoms with E-state index in [1.165, 1.54) is 44.5 Å². The number of para-hydroxylation sites is 4. The fraction of sp³-hybridized carbons (Fsp3) is 0.0800. The van der Waals surface area contributed by atoms with Gasteiger partial charge in [0.25, 0.3) is 0 Å². The first kappa shape index (κ1) is 47.6. The van der Waals surface area contributed by atoms with E-state index in [2.05, 4.69) is 301 Å². The standard InChI is InChI=1S/C75H55N7/c1-74(2)63-32-18-14-28-55(63)57-40-36-53(46-65(57)74)79(51-38-42-69-61(44-51)59-30-16-20-34-67(59)81(69)49-24-10-6-11-25-49)72-76-71(48-22-8-5-9-23-48)77-73(78-72)80(54-37-41-58-56-29-15-19-33-64(56)75(3,4)66(58)47-54)52-39-43-70-62(45-52)60-31-17-21-35-68(60)82(70)50-26-12-7-13-27-50/h5-47H,1-4H3.